The van der Waals surface area contributed by atoms with Crippen molar-refractivity contribution in [1.29, 1.82) is 0 Å². The van der Waals surface area contributed by atoms with Crippen LogP contribution in [0.1, 0.15) is 18.4 Å². The molecule has 2 rings (SSSR count). The molecule has 0 radical (unpaired) electrons. The van der Waals surface area contributed by atoms with Gasteiger partial charge in [0.1, 0.15) is 0 Å². The van der Waals surface area contributed by atoms with Gasteiger partial charge in [-0.05, 0) is 12.8 Å². The lowest BCUT2D eigenvalue weighted by Gasteiger charge is -2.09. The zero-order valence-electron chi connectivity index (χ0n) is 9.18. The van der Waals surface area contributed by atoms with Crippen LogP contribution in [0.4, 0.5) is 5.69 Å². The zero-order valence-corrected chi connectivity index (χ0v) is 9.18. The van der Waals surface area contributed by atoms with Crippen LogP contribution in [0, 0.1) is 10.1 Å². The maximum atomic E-state index is 11.6. The van der Waals surface area contributed by atoms with Gasteiger partial charge in [-0.1, -0.05) is 18.2 Å². The van der Waals surface area contributed by atoms with E-state index in [-0.39, 0.29) is 18.1 Å². The van der Waals surface area contributed by atoms with Crippen molar-refractivity contribution < 1.29 is 9.72 Å². The van der Waals surface area contributed by atoms with Gasteiger partial charge in [0.05, 0.1) is 10.5 Å². The highest BCUT2D eigenvalue weighted by atomic mass is 16.6. The van der Waals surface area contributed by atoms with Crippen molar-refractivity contribution >= 4 is 11.6 Å². The van der Waals surface area contributed by atoms with Crippen LogP contribution in [0.5, 0.6) is 0 Å². The highest BCUT2D eigenvalue weighted by Gasteiger charge is 2.45. The Labute approximate surface area is 98.0 Å². The number of nitrogens with one attached hydrogen (secondary N) is 1. The number of rotatable bonds is 4. The molecule has 90 valence electrons. The van der Waals surface area contributed by atoms with Crippen molar-refractivity contribution in [3.05, 3.63) is 39.9 Å². The molecule has 1 aliphatic rings. The third-order valence-electron chi connectivity index (χ3n) is 2.87. The second-order valence-corrected chi connectivity index (χ2v) is 4.22. The van der Waals surface area contributed by atoms with Crippen LogP contribution in [-0.4, -0.2) is 16.4 Å². The number of nitro benzene ring substituents is 1. The van der Waals surface area contributed by atoms with Crippen molar-refractivity contribution in [2.24, 2.45) is 5.73 Å². The summed E-state index contributed by atoms with van der Waals surface area (Å²) in [6.45, 7) is 0.134. The molecule has 0 aliphatic heterocycles. The van der Waals surface area contributed by atoms with Gasteiger partial charge in [0.15, 0.2) is 0 Å². The molecule has 0 aromatic heterocycles. The maximum Gasteiger partial charge on any atom is 0.274 e. The maximum absolute atomic E-state index is 11.6. The quantitative estimate of drug-likeness (QED) is 0.592. The Morgan fingerprint density at radius 3 is 2.71 bits per heavy atom. The lowest BCUT2D eigenvalue weighted by molar-refractivity contribution is -0.385. The minimum absolute atomic E-state index is 0.00895. The fourth-order valence-electron chi connectivity index (χ4n) is 1.55. The average molecular weight is 235 g/mol. The first-order valence-electron chi connectivity index (χ1n) is 5.32. The number of nitrogens with zero attached hydrogens (tertiary/aromatic N) is 1. The number of carbonyl (C=O) groups is 1. The molecule has 1 aromatic rings. The molecule has 1 amide bonds. The van der Waals surface area contributed by atoms with Crippen molar-refractivity contribution in [1.82, 2.24) is 5.32 Å². The monoisotopic (exact) mass is 235 g/mol. The molecule has 0 saturated heterocycles. The number of carbonyl (C=O) groups excluding carboxylic acids is 1. The summed E-state index contributed by atoms with van der Waals surface area (Å²) in [7, 11) is 0. The largest absolute Gasteiger partial charge is 0.350 e. The van der Waals surface area contributed by atoms with E-state index in [2.05, 4.69) is 5.32 Å². The van der Waals surface area contributed by atoms with Crippen LogP contribution < -0.4 is 11.1 Å². The normalized spacial score (nSPS) is 16.3. The Morgan fingerprint density at radius 1 is 1.47 bits per heavy atom. The molecule has 1 aromatic carbocycles. The van der Waals surface area contributed by atoms with Gasteiger partial charge in [-0.2, -0.15) is 0 Å². The van der Waals surface area contributed by atoms with E-state index in [0.29, 0.717) is 18.4 Å². The van der Waals surface area contributed by atoms with Crippen molar-refractivity contribution in [2.45, 2.75) is 24.9 Å². The summed E-state index contributed by atoms with van der Waals surface area (Å²) in [5.41, 5.74) is 5.45. The fourth-order valence-corrected chi connectivity index (χ4v) is 1.55. The van der Waals surface area contributed by atoms with Gasteiger partial charge in [-0.3, -0.25) is 14.9 Å². The third-order valence-corrected chi connectivity index (χ3v) is 2.87. The molecule has 6 heteroatoms. The first-order valence-corrected chi connectivity index (χ1v) is 5.32. The molecular formula is C11H13N3O3. The molecule has 0 spiro atoms. The number of para-hydroxylation sites is 1. The van der Waals surface area contributed by atoms with E-state index < -0.39 is 10.5 Å². The van der Waals surface area contributed by atoms with Crippen LogP contribution in [0.25, 0.3) is 0 Å². The van der Waals surface area contributed by atoms with E-state index >= 15 is 0 Å². The number of nitrogens with two attached hydrogens (primary N) is 1. The Bertz CT molecular complexity index is 469. The Balaban J connectivity index is 2.04. The third kappa shape index (κ3) is 2.42. The summed E-state index contributed by atoms with van der Waals surface area (Å²) < 4.78 is 0. The van der Waals surface area contributed by atoms with E-state index in [0.717, 1.165) is 0 Å². The highest BCUT2D eigenvalue weighted by Crippen LogP contribution is 2.32. The number of benzene rings is 1. The fraction of sp³-hybridized carbons (Fsp3) is 0.364. The van der Waals surface area contributed by atoms with Gasteiger partial charge in [0.2, 0.25) is 5.91 Å². The summed E-state index contributed by atoms with van der Waals surface area (Å²) in [4.78, 5) is 21.9. The van der Waals surface area contributed by atoms with Gasteiger partial charge in [0, 0.05) is 18.2 Å². The second kappa shape index (κ2) is 4.14. The van der Waals surface area contributed by atoms with Crippen LogP contribution in [0.15, 0.2) is 24.3 Å². The van der Waals surface area contributed by atoms with Crippen LogP contribution in [0.3, 0.4) is 0 Å². The minimum Gasteiger partial charge on any atom is -0.350 e. The van der Waals surface area contributed by atoms with Crippen molar-refractivity contribution in [3.63, 3.8) is 0 Å². The predicted molar refractivity (Wildman–Crippen MR) is 61.1 cm³/mol. The molecule has 17 heavy (non-hydrogen) atoms. The smallest absolute Gasteiger partial charge is 0.274 e. The second-order valence-electron chi connectivity index (χ2n) is 4.22. The SMILES string of the molecule is NC1(C(=O)NCc2ccccc2[N+](=O)[O-])CC1. The topological polar surface area (TPSA) is 98.3 Å². The predicted octanol–water partition coefficient (Wildman–Crippen LogP) is 0.702. The van der Waals surface area contributed by atoms with Gasteiger partial charge < -0.3 is 11.1 Å². The Hall–Kier alpha value is -1.95. The molecule has 6 nitrogen and oxygen atoms in total. The van der Waals surface area contributed by atoms with Crippen molar-refractivity contribution in [3.8, 4) is 0 Å². The number of hydrogen-bond acceptors (Lipinski definition) is 4. The molecule has 0 heterocycles. The summed E-state index contributed by atoms with van der Waals surface area (Å²) >= 11 is 0. The summed E-state index contributed by atoms with van der Waals surface area (Å²) in [5.74, 6) is -0.240. The van der Waals surface area contributed by atoms with Gasteiger partial charge in [-0.15, -0.1) is 0 Å². The van der Waals surface area contributed by atoms with Gasteiger partial charge in [0.25, 0.3) is 5.69 Å². The number of amides is 1. The summed E-state index contributed by atoms with van der Waals surface area (Å²) in [6, 6.07) is 6.32. The van der Waals surface area contributed by atoms with Gasteiger partial charge in [-0.25, -0.2) is 0 Å². The Kier molecular flexibility index (Phi) is 2.81. The van der Waals surface area contributed by atoms with Gasteiger partial charge >= 0.3 is 0 Å². The minimum atomic E-state index is -0.746. The molecular weight excluding hydrogens is 222 g/mol. The molecule has 3 N–H and O–H groups in total. The van der Waals surface area contributed by atoms with E-state index in [1.807, 2.05) is 0 Å². The lowest BCUT2D eigenvalue weighted by atomic mass is 10.1. The zero-order chi connectivity index (χ0) is 12.5. The summed E-state index contributed by atoms with van der Waals surface area (Å²) in [5, 5.41) is 13.4. The summed E-state index contributed by atoms with van der Waals surface area (Å²) in [6.07, 6.45) is 1.35. The highest BCUT2D eigenvalue weighted by molar-refractivity contribution is 5.88. The van der Waals surface area contributed by atoms with Crippen LogP contribution in [-0.2, 0) is 11.3 Å². The molecule has 0 bridgehead atoms. The van der Waals surface area contributed by atoms with Crippen molar-refractivity contribution in [2.75, 3.05) is 0 Å². The molecule has 1 aliphatic carbocycles. The number of nitro groups is 1. The average Bonchev–Trinajstić information content (AvgIpc) is 3.06. The Morgan fingerprint density at radius 2 is 2.12 bits per heavy atom. The molecule has 1 saturated carbocycles. The molecule has 1 fully saturated rings. The van der Waals surface area contributed by atoms with E-state index in [1.165, 1.54) is 6.07 Å². The van der Waals surface area contributed by atoms with E-state index in [9.17, 15) is 14.9 Å². The van der Waals surface area contributed by atoms with E-state index in [1.54, 1.807) is 18.2 Å². The van der Waals surface area contributed by atoms with Crippen LogP contribution in [0.2, 0.25) is 0 Å². The molecule has 0 unspecified atom stereocenters. The first-order chi connectivity index (χ1) is 8.03. The molecule has 0 atom stereocenters. The van der Waals surface area contributed by atoms with Crippen LogP contribution >= 0.6 is 0 Å². The first kappa shape index (κ1) is 11.5. The standard InChI is InChI=1S/C11H13N3O3/c12-11(5-6-11)10(15)13-7-8-3-1-2-4-9(8)14(16)17/h1-4H,5-7,12H2,(H,13,15). The number of hydrogen-bond donors (Lipinski definition) is 2. The van der Waals surface area contributed by atoms with E-state index in [4.69, 9.17) is 5.73 Å². The lowest BCUT2D eigenvalue weighted by Crippen LogP contribution is -2.42.